The number of nitrogens with one attached hydrogen (secondary N) is 2. The Morgan fingerprint density at radius 1 is 1.35 bits per heavy atom. The third kappa shape index (κ3) is 2.42. The minimum atomic E-state index is -0.230. The van der Waals surface area contributed by atoms with E-state index in [1.54, 1.807) is 10.9 Å². The van der Waals surface area contributed by atoms with Gasteiger partial charge >= 0.3 is 0 Å². The molecular formula is C14H17N5O. The van der Waals surface area contributed by atoms with Crippen LogP contribution in [0, 0.1) is 13.8 Å². The van der Waals surface area contributed by atoms with Crippen molar-refractivity contribution in [3.8, 4) is 0 Å². The fourth-order valence-corrected chi connectivity index (χ4v) is 2.03. The molecule has 0 atom stereocenters. The molecule has 1 aromatic carbocycles. The van der Waals surface area contributed by atoms with E-state index in [2.05, 4.69) is 20.9 Å². The fourth-order valence-electron chi connectivity index (χ4n) is 2.03. The zero-order chi connectivity index (χ0) is 14.1. The Balaban J connectivity index is 1.71. The molecule has 0 bridgehead atoms. The average molecular weight is 271 g/mol. The van der Waals surface area contributed by atoms with E-state index in [-0.39, 0.29) is 5.91 Å². The minimum Gasteiger partial charge on any atom is -0.321 e. The number of hydrogen-bond donors (Lipinski definition) is 2. The lowest BCUT2D eigenvalue weighted by Crippen LogP contribution is -2.43. The second kappa shape index (κ2) is 5.05. The molecule has 104 valence electrons. The molecule has 1 amide bonds. The molecule has 1 fully saturated rings. The predicted molar refractivity (Wildman–Crippen MR) is 75.8 cm³/mol. The Labute approximate surface area is 117 Å². The SMILES string of the molecule is Cc1ccc(NC(=O)c2cn(C3CNC3)nn2)cc1C. The van der Waals surface area contributed by atoms with E-state index < -0.39 is 0 Å². The Kier molecular flexibility index (Phi) is 3.23. The summed E-state index contributed by atoms with van der Waals surface area (Å²) in [7, 11) is 0. The van der Waals surface area contributed by atoms with Crippen LogP contribution in [0.1, 0.15) is 27.7 Å². The highest BCUT2D eigenvalue weighted by Crippen LogP contribution is 2.15. The van der Waals surface area contributed by atoms with Gasteiger partial charge in [0.1, 0.15) is 0 Å². The van der Waals surface area contributed by atoms with E-state index in [1.165, 1.54) is 5.56 Å². The fraction of sp³-hybridized carbons (Fsp3) is 0.357. The van der Waals surface area contributed by atoms with E-state index in [4.69, 9.17) is 0 Å². The van der Waals surface area contributed by atoms with Crippen molar-refractivity contribution in [1.82, 2.24) is 20.3 Å². The number of amides is 1. The number of hydrogen-bond acceptors (Lipinski definition) is 4. The number of aryl methyl sites for hydroxylation is 2. The zero-order valence-corrected chi connectivity index (χ0v) is 11.6. The number of aromatic nitrogens is 3. The first-order valence-corrected chi connectivity index (χ1v) is 6.64. The smallest absolute Gasteiger partial charge is 0.277 e. The molecular weight excluding hydrogens is 254 g/mol. The highest BCUT2D eigenvalue weighted by Gasteiger charge is 2.21. The highest BCUT2D eigenvalue weighted by atomic mass is 16.2. The van der Waals surface area contributed by atoms with Gasteiger partial charge in [-0.15, -0.1) is 5.10 Å². The van der Waals surface area contributed by atoms with Gasteiger partial charge in [0, 0.05) is 18.8 Å². The number of rotatable bonds is 3. The minimum absolute atomic E-state index is 0.230. The molecule has 6 heteroatoms. The van der Waals surface area contributed by atoms with Gasteiger partial charge in [0.15, 0.2) is 5.69 Å². The van der Waals surface area contributed by atoms with Crippen LogP contribution in [0.4, 0.5) is 5.69 Å². The average Bonchev–Trinajstić information content (AvgIpc) is 2.81. The topological polar surface area (TPSA) is 71.8 Å². The third-order valence-electron chi connectivity index (χ3n) is 3.64. The van der Waals surface area contributed by atoms with E-state index in [0.29, 0.717) is 11.7 Å². The van der Waals surface area contributed by atoms with Crippen LogP contribution in [0.2, 0.25) is 0 Å². The molecule has 1 saturated heterocycles. The first-order chi connectivity index (χ1) is 9.63. The zero-order valence-electron chi connectivity index (χ0n) is 11.6. The van der Waals surface area contributed by atoms with Crippen LogP contribution in [0.3, 0.4) is 0 Å². The monoisotopic (exact) mass is 271 g/mol. The van der Waals surface area contributed by atoms with Crippen LogP contribution in [0.5, 0.6) is 0 Å². The van der Waals surface area contributed by atoms with Crippen LogP contribution in [0.25, 0.3) is 0 Å². The van der Waals surface area contributed by atoms with Crippen LogP contribution >= 0.6 is 0 Å². The molecule has 2 heterocycles. The summed E-state index contributed by atoms with van der Waals surface area (Å²) in [5.74, 6) is -0.230. The van der Waals surface area contributed by atoms with Gasteiger partial charge in [0.05, 0.1) is 12.2 Å². The quantitative estimate of drug-likeness (QED) is 0.882. The summed E-state index contributed by atoms with van der Waals surface area (Å²) in [5, 5.41) is 13.9. The summed E-state index contributed by atoms with van der Waals surface area (Å²) in [4.78, 5) is 12.1. The van der Waals surface area contributed by atoms with E-state index in [1.807, 2.05) is 32.0 Å². The number of nitrogens with zero attached hydrogens (tertiary/aromatic N) is 3. The molecule has 3 rings (SSSR count). The van der Waals surface area contributed by atoms with Gasteiger partial charge in [-0.1, -0.05) is 11.3 Å². The Morgan fingerprint density at radius 3 is 2.80 bits per heavy atom. The van der Waals surface area contributed by atoms with Gasteiger partial charge < -0.3 is 10.6 Å². The summed E-state index contributed by atoms with van der Waals surface area (Å²) < 4.78 is 1.74. The molecule has 0 spiro atoms. The standard InChI is InChI=1S/C14H17N5O/c1-9-3-4-11(5-10(9)2)16-14(20)13-8-19(18-17-13)12-6-15-7-12/h3-5,8,12,15H,6-7H2,1-2H3,(H,16,20). The predicted octanol–water partition coefficient (Wildman–Crippen LogP) is 1.29. The van der Waals surface area contributed by atoms with Crippen molar-refractivity contribution in [2.24, 2.45) is 0 Å². The number of carbonyl (C=O) groups excluding carboxylic acids is 1. The summed E-state index contributed by atoms with van der Waals surface area (Å²) in [5.41, 5.74) is 3.46. The lowest BCUT2D eigenvalue weighted by molar-refractivity contribution is 0.102. The maximum absolute atomic E-state index is 12.1. The van der Waals surface area contributed by atoms with Crippen molar-refractivity contribution in [2.75, 3.05) is 18.4 Å². The van der Waals surface area contributed by atoms with E-state index in [0.717, 1.165) is 24.3 Å². The van der Waals surface area contributed by atoms with Crippen LogP contribution in [0.15, 0.2) is 24.4 Å². The molecule has 6 nitrogen and oxygen atoms in total. The summed E-state index contributed by atoms with van der Waals surface area (Å²) in [6.45, 7) is 5.81. The van der Waals surface area contributed by atoms with Crippen molar-refractivity contribution in [1.29, 1.82) is 0 Å². The largest absolute Gasteiger partial charge is 0.321 e. The molecule has 1 aliphatic rings. The molecule has 20 heavy (non-hydrogen) atoms. The molecule has 2 N–H and O–H groups in total. The normalized spacial score (nSPS) is 14.9. The lowest BCUT2D eigenvalue weighted by atomic mass is 10.1. The Hall–Kier alpha value is -2.21. The highest BCUT2D eigenvalue weighted by molar-refractivity contribution is 6.02. The van der Waals surface area contributed by atoms with Crippen LogP contribution in [-0.4, -0.2) is 34.0 Å². The van der Waals surface area contributed by atoms with Gasteiger partial charge in [-0.3, -0.25) is 4.79 Å². The van der Waals surface area contributed by atoms with Crippen molar-refractivity contribution in [3.63, 3.8) is 0 Å². The Morgan fingerprint density at radius 2 is 2.15 bits per heavy atom. The number of benzene rings is 1. The molecule has 2 aromatic rings. The van der Waals surface area contributed by atoms with Crippen molar-refractivity contribution < 1.29 is 4.79 Å². The second-order valence-electron chi connectivity index (χ2n) is 5.15. The maximum Gasteiger partial charge on any atom is 0.277 e. The summed E-state index contributed by atoms with van der Waals surface area (Å²) in [6, 6.07) is 6.14. The van der Waals surface area contributed by atoms with Gasteiger partial charge in [-0.25, -0.2) is 4.68 Å². The molecule has 1 aromatic heterocycles. The van der Waals surface area contributed by atoms with Gasteiger partial charge in [0.2, 0.25) is 0 Å². The van der Waals surface area contributed by atoms with Gasteiger partial charge in [-0.2, -0.15) is 0 Å². The molecule has 1 aliphatic heterocycles. The summed E-state index contributed by atoms with van der Waals surface area (Å²) >= 11 is 0. The van der Waals surface area contributed by atoms with E-state index >= 15 is 0 Å². The van der Waals surface area contributed by atoms with Crippen molar-refractivity contribution >= 4 is 11.6 Å². The van der Waals surface area contributed by atoms with Crippen LogP contribution < -0.4 is 10.6 Å². The molecule has 0 radical (unpaired) electrons. The van der Waals surface area contributed by atoms with Crippen molar-refractivity contribution in [2.45, 2.75) is 19.9 Å². The first-order valence-electron chi connectivity index (χ1n) is 6.64. The molecule has 0 aliphatic carbocycles. The summed E-state index contributed by atoms with van der Waals surface area (Å²) in [6.07, 6.45) is 1.70. The third-order valence-corrected chi connectivity index (χ3v) is 3.64. The molecule has 0 unspecified atom stereocenters. The lowest BCUT2D eigenvalue weighted by Gasteiger charge is -2.26. The van der Waals surface area contributed by atoms with Crippen molar-refractivity contribution in [3.05, 3.63) is 41.2 Å². The van der Waals surface area contributed by atoms with E-state index in [9.17, 15) is 4.79 Å². The molecule has 0 saturated carbocycles. The first kappa shape index (κ1) is 12.8. The number of anilines is 1. The maximum atomic E-state index is 12.1. The van der Waals surface area contributed by atoms with Crippen LogP contribution in [-0.2, 0) is 0 Å². The number of carbonyl (C=O) groups is 1. The van der Waals surface area contributed by atoms with Gasteiger partial charge in [-0.05, 0) is 37.1 Å². The van der Waals surface area contributed by atoms with Gasteiger partial charge in [0.25, 0.3) is 5.91 Å². The Bertz CT molecular complexity index is 645. The second-order valence-corrected chi connectivity index (χ2v) is 5.15.